The zero-order valence-electron chi connectivity index (χ0n) is 7.51. The summed E-state index contributed by atoms with van der Waals surface area (Å²) in [6.45, 7) is 11.4. The molecule has 0 aromatic carbocycles. The Labute approximate surface area is 69.7 Å². The van der Waals surface area contributed by atoms with E-state index in [2.05, 4.69) is 31.2 Å². The third-order valence-electron chi connectivity index (χ3n) is 1.41. The van der Waals surface area contributed by atoms with Crippen molar-refractivity contribution in [3.05, 3.63) is 37.0 Å². The van der Waals surface area contributed by atoms with Crippen LogP contribution in [-0.4, -0.2) is 25.0 Å². The second-order valence-electron chi connectivity index (χ2n) is 2.63. The number of hydrogen-bond acceptors (Lipinski definition) is 1. The van der Waals surface area contributed by atoms with Crippen molar-refractivity contribution in [1.82, 2.24) is 4.90 Å². The smallest absolute Gasteiger partial charge is 0.0227 e. The van der Waals surface area contributed by atoms with Crippen molar-refractivity contribution in [1.29, 1.82) is 0 Å². The van der Waals surface area contributed by atoms with Gasteiger partial charge in [-0.05, 0) is 19.5 Å². The van der Waals surface area contributed by atoms with E-state index in [0.29, 0.717) is 0 Å². The molecule has 0 rings (SSSR count). The molecular formula is C10H17N. The lowest BCUT2D eigenvalue weighted by Gasteiger charge is -2.13. The summed E-state index contributed by atoms with van der Waals surface area (Å²) in [4.78, 5) is 2.18. The van der Waals surface area contributed by atoms with Crippen molar-refractivity contribution in [2.24, 2.45) is 0 Å². The van der Waals surface area contributed by atoms with Crippen molar-refractivity contribution in [2.75, 3.05) is 20.1 Å². The summed E-state index contributed by atoms with van der Waals surface area (Å²) in [5.74, 6) is 0. The van der Waals surface area contributed by atoms with Crippen LogP contribution in [0.1, 0.15) is 6.92 Å². The minimum absolute atomic E-state index is 0.897. The van der Waals surface area contributed by atoms with Crippen LogP contribution < -0.4 is 0 Å². The minimum Gasteiger partial charge on any atom is -0.298 e. The van der Waals surface area contributed by atoms with Gasteiger partial charge in [-0.2, -0.15) is 0 Å². The van der Waals surface area contributed by atoms with Gasteiger partial charge in [0.05, 0.1) is 0 Å². The molecule has 0 radical (unpaired) electrons. The maximum Gasteiger partial charge on any atom is 0.0227 e. The van der Waals surface area contributed by atoms with E-state index in [9.17, 15) is 0 Å². The van der Waals surface area contributed by atoms with E-state index >= 15 is 0 Å². The van der Waals surface area contributed by atoms with Crippen LogP contribution in [0, 0.1) is 0 Å². The fourth-order valence-electron chi connectivity index (χ4n) is 0.761. The lowest BCUT2D eigenvalue weighted by atomic mass is 10.3. The first-order chi connectivity index (χ1) is 5.20. The van der Waals surface area contributed by atoms with Gasteiger partial charge in [-0.3, -0.25) is 4.90 Å². The Bertz CT molecular complexity index is 156. The summed E-state index contributed by atoms with van der Waals surface area (Å²) in [7, 11) is 2.06. The maximum absolute atomic E-state index is 3.84. The highest BCUT2D eigenvalue weighted by Gasteiger charge is 1.94. The molecule has 11 heavy (non-hydrogen) atoms. The molecule has 0 atom stereocenters. The maximum atomic E-state index is 3.84. The fourth-order valence-corrected chi connectivity index (χ4v) is 0.761. The average Bonchev–Trinajstić information content (AvgIpc) is 2.00. The first kappa shape index (κ1) is 10.2. The highest BCUT2D eigenvalue weighted by atomic mass is 15.1. The summed E-state index contributed by atoms with van der Waals surface area (Å²) < 4.78 is 0. The quantitative estimate of drug-likeness (QED) is 0.430. The summed E-state index contributed by atoms with van der Waals surface area (Å²) in [6, 6.07) is 0. The van der Waals surface area contributed by atoms with Crippen molar-refractivity contribution < 1.29 is 0 Å². The molecule has 0 N–H and O–H groups in total. The molecule has 0 saturated carbocycles. The van der Waals surface area contributed by atoms with Gasteiger partial charge in [-0.25, -0.2) is 0 Å². The van der Waals surface area contributed by atoms with Gasteiger partial charge in [-0.1, -0.05) is 31.4 Å². The van der Waals surface area contributed by atoms with Crippen molar-refractivity contribution in [2.45, 2.75) is 6.92 Å². The van der Waals surface area contributed by atoms with E-state index in [4.69, 9.17) is 0 Å². The third kappa shape index (κ3) is 5.62. The second-order valence-corrected chi connectivity index (χ2v) is 2.63. The molecule has 0 unspecified atom stereocenters. The molecule has 62 valence electrons. The zero-order valence-corrected chi connectivity index (χ0v) is 7.51. The SMILES string of the molecule is C=CC(=C)CN(C)C/C=C\C. The summed E-state index contributed by atoms with van der Waals surface area (Å²) in [6.07, 6.45) is 5.97. The Balaban J connectivity index is 3.59. The molecule has 0 aliphatic rings. The first-order valence-electron chi connectivity index (χ1n) is 3.80. The molecule has 0 aliphatic carbocycles. The Morgan fingerprint density at radius 1 is 1.55 bits per heavy atom. The fraction of sp³-hybridized carbons (Fsp3) is 0.400. The van der Waals surface area contributed by atoms with E-state index in [1.165, 1.54) is 0 Å². The predicted molar refractivity (Wildman–Crippen MR) is 51.6 cm³/mol. The second kappa shape index (κ2) is 5.93. The summed E-state index contributed by atoms with van der Waals surface area (Å²) >= 11 is 0. The van der Waals surface area contributed by atoms with E-state index < -0.39 is 0 Å². The molecule has 1 nitrogen and oxygen atoms in total. The van der Waals surface area contributed by atoms with Gasteiger partial charge in [0.25, 0.3) is 0 Å². The Morgan fingerprint density at radius 2 is 2.18 bits per heavy atom. The molecule has 0 amide bonds. The van der Waals surface area contributed by atoms with Crippen LogP contribution in [0.3, 0.4) is 0 Å². The molecule has 0 heterocycles. The Kier molecular flexibility index (Phi) is 5.49. The zero-order chi connectivity index (χ0) is 8.69. The average molecular weight is 151 g/mol. The molecule has 0 saturated heterocycles. The minimum atomic E-state index is 0.897. The lowest BCUT2D eigenvalue weighted by Crippen LogP contribution is -2.20. The first-order valence-corrected chi connectivity index (χ1v) is 3.80. The van der Waals surface area contributed by atoms with Crippen LogP contribution in [0.25, 0.3) is 0 Å². The van der Waals surface area contributed by atoms with Gasteiger partial charge >= 0.3 is 0 Å². The monoisotopic (exact) mass is 151 g/mol. The van der Waals surface area contributed by atoms with Crippen molar-refractivity contribution in [3.63, 3.8) is 0 Å². The van der Waals surface area contributed by atoms with Crippen LogP contribution in [-0.2, 0) is 0 Å². The Morgan fingerprint density at radius 3 is 2.64 bits per heavy atom. The van der Waals surface area contributed by atoms with Crippen LogP contribution in [0.15, 0.2) is 37.0 Å². The van der Waals surface area contributed by atoms with E-state index in [-0.39, 0.29) is 0 Å². The molecule has 1 heteroatoms. The topological polar surface area (TPSA) is 3.24 Å². The number of hydrogen-bond donors (Lipinski definition) is 0. The predicted octanol–water partition coefficient (Wildman–Crippen LogP) is 2.24. The van der Waals surface area contributed by atoms with Gasteiger partial charge in [0.15, 0.2) is 0 Å². The largest absolute Gasteiger partial charge is 0.298 e. The van der Waals surface area contributed by atoms with Gasteiger partial charge < -0.3 is 0 Å². The van der Waals surface area contributed by atoms with E-state index in [1.807, 2.05) is 13.0 Å². The summed E-state index contributed by atoms with van der Waals surface area (Å²) in [5.41, 5.74) is 1.07. The molecule has 0 bridgehead atoms. The van der Waals surface area contributed by atoms with E-state index in [0.717, 1.165) is 18.7 Å². The highest BCUT2D eigenvalue weighted by Crippen LogP contribution is 1.94. The highest BCUT2D eigenvalue weighted by molar-refractivity contribution is 5.12. The standard InChI is InChI=1S/C10H17N/c1-5-7-8-11(4)9-10(3)6-2/h5-7H,2-3,8-9H2,1,4H3/b7-5-. The number of likely N-dealkylation sites (N-methyl/N-ethyl adjacent to an activating group) is 1. The number of nitrogens with zero attached hydrogens (tertiary/aromatic N) is 1. The number of rotatable bonds is 5. The molecule has 0 fully saturated rings. The van der Waals surface area contributed by atoms with Gasteiger partial charge in [-0.15, -0.1) is 0 Å². The van der Waals surface area contributed by atoms with Crippen molar-refractivity contribution in [3.8, 4) is 0 Å². The molecule has 0 aromatic heterocycles. The lowest BCUT2D eigenvalue weighted by molar-refractivity contribution is 0.406. The van der Waals surface area contributed by atoms with Gasteiger partial charge in [0.1, 0.15) is 0 Å². The Hall–Kier alpha value is -0.820. The van der Waals surface area contributed by atoms with E-state index in [1.54, 1.807) is 6.08 Å². The molecular weight excluding hydrogens is 134 g/mol. The molecule has 0 aliphatic heterocycles. The third-order valence-corrected chi connectivity index (χ3v) is 1.41. The van der Waals surface area contributed by atoms with Crippen LogP contribution >= 0.6 is 0 Å². The van der Waals surface area contributed by atoms with Crippen molar-refractivity contribution >= 4 is 0 Å². The summed E-state index contributed by atoms with van der Waals surface area (Å²) in [5, 5.41) is 0. The van der Waals surface area contributed by atoms with Crippen LogP contribution in [0.5, 0.6) is 0 Å². The van der Waals surface area contributed by atoms with Gasteiger partial charge in [0.2, 0.25) is 0 Å². The molecule has 0 spiro atoms. The van der Waals surface area contributed by atoms with Crippen LogP contribution in [0.4, 0.5) is 0 Å². The molecule has 0 aromatic rings. The normalized spacial score (nSPS) is 10.8. The van der Waals surface area contributed by atoms with Crippen LogP contribution in [0.2, 0.25) is 0 Å². The van der Waals surface area contributed by atoms with Gasteiger partial charge in [0, 0.05) is 13.1 Å². The number of allylic oxidation sites excluding steroid dienone is 1.